The molecule has 0 fully saturated rings. The molecule has 100 valence electrons. The summed E-state index contributed by atoms with van der Waals surface area (Å²) in [5.74, 6) is -11.7. The van der Waals surface area contributed by atoms with Gasteiger partial charge < -0.3 is 10.8 Å². The van der Waals surface area contributed by atoms with Crippen molar-refractivity contribution < 1.29 is 31.9 Å². The lowest BCUT2D eigenvalue weighted by Gasteiger charge is -2.12. The van der Waals surface area contributed by atoms with Gasteiger partial charge in [0.15, 0.2) is 23.3 Å². The van der Waals surface area contributed by atoms with Crippen molar-refractivity contribution in [3.8, 4) is 0 Å². The summed E-state index contributed by atoms with van der Waals surface area (Å²) in [5.41, 5.74) is 4.12. The Hall–Kier alpha value is -1.70. The number of carbonyl (C=O) groups is 1. The van der Waals surface area contributed by atoms with E-state index in [1.165, 1.54) is 0 Å². The first kappa shape index (κ1) is 14.4. The minimum atomic E-state index is -2.26. The fourth-order valence-corrected chi connectivity index (χ4v) is 1.39. The van der Waals surface area contributed by atoms with Crippen molar-refractivity contribution in [1.82, 2.24) is 0 Å². The zero-order valence-corrected chi connectivity index (χ0v) is 8.81. The molecule has 0 bridgehead atoms. The van der Waals surface area contributed by atoms with Crippen LogP contribution in [0.5, 0.6) is 0 Å². The first-order chi connectivity index (χ1) is 8.25. The van der Waals surface area contributed by atoms with Gasteiger partial charge in [0.25, 0.3) is 0 Å². The van der Waals surface area contributed by atoms with Crippen molar-refractivity contribution >= 4 is 5.97 Å². The minimum absolute atomic E-state index is 0.653. The van der Waals surface area contributed by atoms with Gasteiger partial charge in [-0.1, -0.05) is 0 Å². The highest BCUT2D eigenvalue weighted by Crippen LogP contribution is 2.24. The van der Waals surface area contributed by atoms with Crippen LogP contribution in [-0.4, -0.2) is 17.1 Å². The largest absolute Gasteiger partial charge is 0.481 e. The van der Waals surface area contributed by atoms with Gasteiger partial charge in [-0.25, -0.2) is 22.0 Å². The molecule has 3 N–H and O–H groups in total. The van der Waals surface area contributed by atoms with Gasteiger partial charge in [0.1, 0.15) is 0 Å². The Morgan fingerprint density at radius 3 is 1.78 bits per heavy atom. The second-order valence-corrected chi connectivity index (χ2v) is 3.61. The highest BCUT2D eigenvalue weighted by molar-refractivity contribution is 5.67. The molecule has 1 aromatic rings. The molecule has 1 atom stereocenters. The van der Waals surface area contributed by atoms with Gasteiger partial charge in [-0.2, -0.15) is 0 Å². The fourth-order valence-electron chi connectivity index (χ4n) is 1.39. The molecule has 0 unspecified atom stereocenters. The molecule has 0 amide bonds. The summed E-state index contributed by atoms with van der Waals surface area (Å²) in [6.45, 7) is 0. The lowest BCUT2D eigenvalue weighted by molar-refractivity contribution is -0.137. The summed E-state index contributed by atoms with van der Waals surface area (Å²) < 4.78 is 64.6. The molecular formula is C10H8F5NO2. The zero-order valence-electron chi connectivity index (χ0n) is 8.81. The second kappa shape index (κ2) is 5.30. The van der Waals surface area contributed by atoms with E-state index in [-0.39, 0.29) is 0 Å². The summed E-state index contributed by atoms with van der Waals surface area (Å²) in [6.07, 6.45) is -1.42. The van der Waals surface area contributed by atoms with Gasteiger partial charge >= 0.3 is 5.97 Å². The van der Waals surface area contributed by atoms with E-state index in [0.29, 0.717) is 0 Å². The number of hydrogen-bond acceptors (Lipinski definition) is 2. The monoisotopic (exact) mass is 269 g/mol. The van der Waals surface area contributed by atoms with Crippen LogP contribution in [0.15, 0.2) is 0 Å². The second-order valence-electron chi connectivity index (χ2n) is 3.61. The van der Waals surface area contributed by atoms with Gasteiger partial charge in [-0.3, -0.25) is 4.79 Å². The molecule has 1 aromatic carbocycles. The highest BCUT2D eigenvalue weighted by Gasteiger charge is 2.26. The third kappa shape index (κ3) is 2.76. The number of carboxylic acid groups (broad SMARTS) is 1. The third-order valence-corrected chi connectivity index (χ3v) is 2.20. The van der Waals surface area contributed by atoms with E-state index in [4.69, 9.17) is 10.8 Å². The zero-order chi connectivity index (χ0) is 14.0. The molecule has 0 spiro atoms. The first-order valence-electron chi connectivity index (χ1n) is 4.73. The number of carboxylic acids is 1. The number of hydrogen-bond donors (Lipinski definition) is 2. The number of halogens is 5. The molecule has 8 heteroatoms. The summed E-state index contributed by atoms with van der Waals surface area (Å²) in [7, 11) is 0. The maximum atomic E-state index is 13.2. The highest BCUT2D eigenvalue weighted by atomic mass is 19.2. The first-order valence-corrected chi connectivity index (χ1v) is 4.73. The summed E-state index contributed by atoms with van der Waals surface area (Å²) >= 11 is 0. The van der Waals surface area contributed by atoms with E-state index in [2.05, 4.69) is 0 Å². The predicted octanol–water partition coefficient (Wildman–Crippen LogP) is 1.73. The van der Waals surface area contributed by atoms with Gasteiger partial charge in [0.05, 0.1) is 6.42 Å². The molecular weight excluding hydrogens is 261 g/mol. The van der Waals surface area contributed by atoms with E-state index < -0.39 is 59.5 Å². The van der Waals surface area contributed by atoms with Crippen LogP contribution in [-0.2, 0) is 11.2 Å². The average molecular weight is 269 g/mol. The van der Waals surface area contributed by atoms with Crippen LogP contribution in [0.25, 0.3) is 0 Å². The smallest absolute Gasteiger partial charge is 0.304 e. The van der Waals surface area contributed by atoms with E-state index in [1.54, 1.807) is 0 Å². The SMILES string of the molecule is N[C@H](CC(=O)O)Cc1c(F)c(F)c(F)c(F)c1F. The molecule has 0 heterocycles. The maximum Gasteiger partial charge on any atom is 0.304 e. The summed E-state index contributed by atoms with van der Waals surface area (Å²) in [6, 6.07) is -1.25. The average Bonchev–Trinajstić information content (AvgIpc) is 2.29. The Morgan fingerprint density at radius 1 is 1.00 bits per heavy atom. The van der Waals surface area contributed by atoms with E-state index >= 15 is 0 Å². The molecule has 0 aromatic heterocycles. The Balaban J connectivity index is 3.13. The Bertz CT molecular complexity index is 463. The van der Waals surface area contributed by atoms with E-state index in [1.807, 2.05) is 0 Å². The maximum absolute atomic E-state index is 13.2. The van der Waals surface area contributed by atoms with Crippen LogP contribution in [0, 0.1) is 29.1 Å². The molecule has 3 nitrogen and oxygen atoms in total. The van der Waals surface area contributed by atoms with Crippen LogP contribution >= 0.6 is 0 Å². The summed E-state index contributed by atoms with van der Waals surface area (Å²) in [4.78, 5) is 10.3. The molecule has 1 rings (SSSR count). The summed E-state index contributed by atoms with van der Waals surface area (Å²) in [5, 5.41) is 8.38. The van der Waals surface area contributed by atoms with E-state index in [9.17, 15) is 26.7 Å². The van der Waals surface area contributed by atoms with Crippen molar-refractivity contribution in [2.45, 2.75) is 18.9 Å². The normalized spacial score (nSPS) is 12.6. The van der Waals surface area contributed by atoms with Crippen LogP contribution < -0.4 is 5.73 Å². The quantitative estimate of drug-likeness (QED) is 0.497. The van der Waals surface area contributed by atoms with Crippen LogP contribution in [0.4, 0.5) is 22.0 Å². The lowest BCUT2D eigenvalue weighted by atomic mass is 10.0. The van der Waals surface area contributed by atoms with Crippen LogP contribution in [0.3, 0.4) is 0 Å². The molecule has 0 aliphatic rings. The van der Waals surface area contributed by atoms with Gasteiger partial charge in [-0.15, -0.1) is 0 Å². The van der Waals surface area contributed by atoms with Crippen molar-refractivity contribution in [1.29, 1.82) is 0 Å². The molecule has 0 radical (unpaired) electrons. The van der Waals surface area contributed by atoms with Crippen molar-refractivity contribution in [2.24, 2.45) is 5.73 Å². The lowest BCUT2D eigenvalue weighted by Crippen LogP contribution is -2.27. The Labute approximate surface area is 98.0 Å². The number of benzene rings is 1. The Kier molecular flexibility index (Phi) is 4.23. The number of rotatable bonds is 4. The van der Waals surface area contributed by atoms with Crippen molar-refractivity contribution in [2.75, 3.05) is 0 Å². The molecule has 0 saturated heterocycles. The van der Waals surface area contributed by atoms with Gasteiger partial charge in [0, 0.05) is 11.6 Å². The molecule has 18 heavy (non-hydrogen) atoms. The third-order valence-electron chi connectivity index (χ3n) is 2.20. The van der Waals surface area contributed by atoms with Crippen LogP contribution in [0.2, 0.25) is 0 Å². The topological polar surface area (TPSA) is 63.3 Å². The molecule has 0 saturated carbocycles. The number of nitrogens with two attached hydrogens (primary N) is 1. The Morgan fingerprint density at radius 2 is 1.39 bits per heavy atom. The molecule has 0 aliphatic heterocycles. The minimum Gasteiger partial charge on any atom is -0.481 e. The van der Waals surface area contributed by atoms with E-state index in [0.717, 1.165) is 0 Å². The van der Waals surface area contributed by atoms with Gasteiger partial charge in [0.2, 0.25) is 5.82 Å². The molecule has 0 aliphatic carbocycles. The number of aliphatic carboxylic acids is 1. The van der Waals surface area contributed by atoms with Crippen LogP contribution in [0.1, 0.15) is 12.0 Å². The predicted molar refractivity (Wildman–Crippen MR) is 50.2 cm³/mol. The van der Waals surface area contributed by atoms with Crippen molar-refractivity contribution in [3.63, 3.8) is 0 Å². The van der Waals surface area contributed by atoms with Crippen molar-refractivity contribution in [3.05, 3.63) is 34.6 Å². The standard InChI is InChI=1S/C10H8F5NO2/c11-6-4(1-3(16)2-5(17)18)7(12)9(14)10(15)8(6)13/h3H,1-2,16H2,(H,17,18)/t3-/m0/s1. The fraction of sp³-hybridized carbons (Fsp3) is 0.300. The van der Waals surface area contributed by atoms with Gasteiger partial charge in [-0.05, 0) is 6.42 Å².